The van der Waals surface area contributed by atoms with Crippen molar-refractivity contribution in [2.75, 3.05) is 0 Å². The van der Waals surface area contributed by atoms with Gasteiger partial charge in [0.1, 0.15) is 0 Å². The third-order valence-electron chi connectivity index (χ3n) is 3.29. The molecule has 3 aromatic rings. The Balaban J connectivity index is 1.82. The molecule has 3 rings (SSSR count). The van der Waals surface area contributed by atoms with Crippen LogP contribution in [0, 0.1) is 5.92 Å². The zero-order chi connectivity index (χ0) is 14.7. The van der Waals surface area contributed by atoms with Crippen LogP contribution in [0.1, 0.15) is 19.7 Å². The van der Waals surface area contributed by atoms with Crippen molar-refractivity contribution >= 4 is 0 Å². The Morgan fingerprint density at radius 2 is 1.43 bits per heavy atom. The molecule has 2 aromatic carbocycles. The summed E-state index contributed by atoms with van der Waals surface area (Å²) >= 11 is 0. The minimum absolute atomic E-state index is 0.513. The molecule has 21 heavy (non-hydrogen) atoms. The zero-order valence-corrected chi connectivity index (χ0v) is 12.3. The fraction of sp³-hybridized carbons (Fsp3) is 0.222. The van der Waals surface area contributed by atoms with Crippen LogP contribution in [0.5, 0.6) is 0 Å². The highest BCUT2D eigenvalue weighted by Gasteiger charge is 2.10. The van der Waals surface area contributed by atoms with E-state index in [1.165, 1.54) is 11.1 Å². The zero-order valence-electron chi connectivity index (χ0n) is 12.3. The van der Waals surface area contributed by atoms with Crippen LogP contribution in [0.25, 0.3) is 22.6 Å². The van der Waals surface area contributed by atoms with E-state index in [1.807, 2.05) is 30.3 Å². The first-order chi connectivity index (χ1) is 10.2. The van der Waals surface area contributed by atoms with Crippen molar-refractivity contribution < 1.29 is 4.42 Å². The second-order valence-electron chi connectivity index (χ2n) is 5.54. The average Bonchev–Trinajstić information content (AvgIpc) is 2.96. The number of hydrogen-bond donors (Lipinski definition) is 0. The molecule has 3 heteroatoms. The Bertz CT molecular complexity index is 700. The van der Waals surface area contributed by atoms with Crippen LogP contribution in [0.4, 0.5) is 0 Å². The van der Waals surface area contributed by atoms with Crippen LogP contribution in [0.15, 0.2) is 59.0 Å². The van der Waals surface area contributed by atoms with E-state index in [4.69, 9.17) is 4.42 Å². The van der Waals surface area contributed by atoms with Crippen molar-refractivity contribution in [3.05, 3.63) is 60.5 Å². The molecule has 0 N–H and O–H groups in total. The second kappa shape index (κ2) is 5.92. The Kier molecular flexibility index (Phi) is 3.82. The molecule has 0 saturated carbocycles. The molecular formula is C18H18N2O. The maximum atomic E-state index is 5.70. The summed E-state index contributed by atoms with van der Waals surface area (Å²) in [5.41, 5.74) is 3.34. The Morgan fingerprint density at radius 3 is 2.10 bits per heavy atom. The first kappa shape index (κ1) is 13.6. The summed E-state index contributed by atoms with van der Waals surface area (Å²) in [6.45, 7) is 4.27. The van der Waals surface area contributed by atoms with Crippen LogP contribution >= 0.6 is 0 Å². The van der Waals surface area contributed by atoms with Gasteiger partial charge in [-0.25, -0.2) is 0 Å². The predicted octanol–water partition coefficient (Wildman–Crippen LogP) is 4.60. The minimum Gasteiger partial charge on any atom is -0.421 e. The molecule has 0 amide bonds. The molecule has 3 nitrogen and oxygen atoms in total. The van der Waals surface area contributed by atoms with E-state index in [0.717, 1.165) is 12.0 Å². The lowest BCUT2D eigenvalue weighted by Gasteiger charge is -2.02. The summed E-state index contributed by atoms with van der Waals surface area (Å²) in [5, 5.41) is 8.22. The first-order valence-corrected chi connectivity index (χ1v) is 7.20. The van der Waals surface area contributed by atoms with Gasteiger partial charge in [-0.3, -0.25) is 0 Å². The van der Waals surface area contributed by atoms with Gasteiger partial charge in [-0.05, 0) is 29.2 Å². The summed E-state index contributed by atoms with van der Waals surface area (Å²) in [7, 11) is 0. The normalized spacial score (nSPS) is 11.0. The summed E-state index contributed by atoms with van der Waals surface area (Å²) in [5.74, 6) is 1.80. The molecule has 1 aromatic heterocycles. The third-order valence-corrected chi connectivity index (χ3v) is 3.29. The molecule has 0 aliphatic rings. The Morgan fingerprint density at radius 1 is 0.810 bits per heavy atom. The molecule has 0 unspecified atom stereocenters. The largest absolute Gasteiger partial charge is 0.421 e. The van der Waals surface area contributed by atoms with Crippen molar-refractivity contribution in [2.45, 2.75) is 20.3 Å². The molecule has 0 bridgehead atoms. The third kappa shape index (κ3) is 3.19. The fourth-order valence-electron chi connectivity index (χ4n) is 2.24. The van der Waals surface area contributed by atoms with Gasteiger partial charge < -0.3 is 4.42 Å². The van der Waals surface area contributed by atoms with Crippen LogP contribution < -0.4 is 0 Å². The number of hydrogen-bond acceptors (Lipinski definition) is 3. The van der Waals surface area contributed by atoms with Crippen LogP contribution in [0.2, 0.25) is 0 Å². The van der Waals surface area contributed by atoms with E-state index >= 15 is 0 Å². The highest BCUT2D eigenvalue weighted by atomic mass is 16.4. The smallest absolute Gasteiger partial charge is 0.247 e. The lowest BCUT2D eigenvalue weighted by Crippen LogP contribution is -1.93. The molecule has 0 radical (unpaired) electrons. The number of nitrogens with zero attached hydrogens (tertiary/aromatic N) is 2. The molecule has 0 atom stereocenters. The van der Waals surface area contributed by atoms with Gasteiger partial charge in [0.05, 0.1) is 0 Å². The fourth-order valence-corrected chi connectivity index (χ4v) is 2.24. The van der Waals surface area contributed by atoms with Gasteiger partial charge in [0.15, 0.2) is 0 Å². The van der Waals surface area contributed by atoms with Gasteiger partial charge in [0, 0.05) is 12.0 Å². The van der Waals surface area contributed by atoms with Crippen molar-refractivity contribution in [3.8, 4) is 22.6 Å². The lowest BCUT2D eigenvalue weighted by molar-refractivity contribution is 0.466. The van der Waals surface area contributed by atoms with Gasteiger partial charge in [-0.1, -0.05) is 56.3 Å². The molecular weight excluding hydrogens is 260 g/mol. The van der Waals surface area contributed by atoms with Gasteiger partial charge in [0.25, 0.3) is 0 Å². The second-order valence-corrected chi connectivity index (χ2v) is 5.54. The van der Waals surface area contributed by atoms with Crippen LogP contribution in [0.3, 0.4) is 0 Å². The number of aromatic nitrogens is 2. The number of benzene rings is 2. The molecule has 0 spiro atoms. The molecule has 1 heterocycles. The SMILES string of the molecule is CC(C)Cc1nnc(-c2ccc(-c3ccccc3)cc2)o1. The van der Waals surface area contributed by atoms with Crippen molar-refractivity contribution in [2.24, 2.45) is 5.92 Å². The summed E-state index contributed by atoms with van der Waals surface area (Å²) < 4.78 is 5.70. The molecule has 0 aliphatic carbocycles. The highest BCUT2D eigenvalue weighted by molar-refractivity contribution is 5.67. The standard InChI is InChI=1S/C18H18N2O/c1-13(2)12-17-19-20-18(21-17)16-10-8-15(9-11-16)14-6-4-3-5-7-14/h3-11,13H,12H2,1-2H3. The van der Waals surface area contributed by atoms with Gasteiger partial charge in [-0.2, -0.15) is 0 Å². The Labute approximate surface area is 124 Å². The first-order valence-electron chi connectivity index (χ1n) is 7.20. The van der Waals surface area contributed by atoms with Crippen molar-refractivity contribution in [1.82, 2.24) is 10.2 Å². The van der Waals surface area contributed by atoms with E-state index in [-0.39, 0.29) is 0 Å². The quantitative estimate of drug-likeness (QED) is 0.700. The lowest BCUT2D eigenvalue weighted by atomic mass is 10.0. The van der Waals surface area contributed by atoms with Crippen molar-refractivity contribution in [1.29, 1.82) is 0 Å². The van der Waals surface area contributed by atoms with Crippen molar-refractivity contribution in [3.63, 3.8) is 0 Å². The van der Waals surface area contributed by atoms with Crippen LogP contribution in [-0.4, -0.2) is 10.2 Å². The highest BCUT2D eigenvalue weighted by Crippen LogP contribution is 2.24. The topological polar surface area (TPSA) is 38.9 Å². The van der Waals surface area contributed by atoms with Gasteiger partial charge in [0.2, 0.25) is 11.8 Å². The molecule has 0 aliphatic heterocycles. The number of rotatable bonds is 4. The summed E-state index contributed by atoms with van der Waals surface area (Å²) in [4.78, 5) is 0. The molecule has 0 saturated heterocycles. The van der Waals surface area contributed by atoms with E-state index < -0.39 is 0 Å². The molecule has 106 valence electrons. The van der Waals surface area contributed by atoms with E-state index in [1.54, 1.807) is 0 Å². The maximum absolute atomic E-state index is 5.70. The summed E-state index contributed by atoms with van der Waals surface area (Å²) in [6.07, 6.45) is 0.815. The van der Waals surface area contributed by atoms with E-state index in [9.17, 15) is 0 Å². The minimum atomic E-state index is 0.513. The van der Waals surface area contributed by atoms with E-state index in [2.05, 4.69) is 48.3 Å². The van der Waals surface area contributed by atoms with E-state index in [0.29, 0.717) is 17.7 Å². The summed E-state index contributed by atoms with van der Waals surface area (Å²) in [6, 6.07) is 18.5. The maximum Gasteiger partial charge on any atom is 0.247 e. The van der Waals surface area contributed by atoms with Gasteiger partial charge >= 0.3 is 0 Å². The van der Waals surface area contributed by atoms with Crippen LogP contribution in [-0.2, 0) is 6.42 Å². The monoisotopic (exact) mass is 278 g/mol. The average molecular weight is 278 g/mol. The Hall–Kier alpha value is -2.42. The predicted molar refractivity (Wildman–Crippen MR) is 83.7 cm³/mol. The molecule has 0 fully saturated rings. The van der Waals surface area contributed by atoms with Gasteiger partial charge in [-0.15, -0.1) is 10.2 Å².